The van der Waals surface area contributed by atoms with Crippen molar-refractivity contribution in [3.63, 3.8) is 0 Å². The molecule has 1 fully saturated rings. The van der Waals surface area contributed by atoms with Crippen LogP contribution >= 0.6 is 0 Å². The first-order valence-corrected chi connectivity index (χ1v) is 7.20. The highest BCUT2D eigenvalue weighted by Gasteiger charge is 2.25. The van der Waals surface area contributed by atoms with Gasteiger partial charge in [0.25, 0.3) is 0 Å². The fraction of sp³-hybridized carbons (Fsp3) is 0.929. The fourth-order valence-electron chi connectivity index (χ4n) is 2.45. The summed E-state index contributed by atoms with van der Waals surface area (Å²) in [5.74, 6) is 0.394. The van der Waals surface area contributed by atoms with E-state index in [9.17, 15) is 4.79 Å². The smallest absolute Gasteiger partial charge is 0.325 e. The van der Waals surface area contributed by atoms with Crippen LogP contribution in [-0.2, 0) is 14.3 Å². The molecule has 4 heteroatoms. The first kappa shape index (κ1) is 15.4. The molecule has 0 aliphatic heterocycles. The van der Waals surface area contributed by atoms with Crippen LogP contribution in [0.4, 0.5) is 0 Å². The minimum Gasteiger partial charge on any atom is -0.465 e. The zero-order valence-corrected chi connectivity index (χ0v) is 11.9. The number of hydrogen-bond acceptors (Lipinski definition) is 4. The molecule has 0 spiro atoms. The largest absolute Gasteiger partial charge is 0.465 e. The number of rotatable bonds is 7. The zero-order valence-electron chi connectivity index (χ0n) is 11.9. The van der Waals surface area contributed by atoms with Crippen LogP contribution in [0.25, 0.3) is 0 Å². The molecule has 4 nitrogen and oxygen atoms in total. The van der Waals surface area contributed by atoms with Crippen LogP contribution in [0, 0.1) is 5.92 Å². The van der Waals surface area contributed by atoms with Crippen molar-refractivity contribution >= 4 is 5.97 Å². The Balaban J connectivity index is 2.38. The maximum absolute atomic E-state index is 11.7. The Labute approximate surface area is 110 Å². The number of ether oxygens (including phenoxy) is 2. The molecule has 1 saturated carbocycles. The summed E-state index contributed by atoms with van der Waals surface area (Å²) in [4.78, 5) is 11.7. The van der Waals surface area contributed by atoms with Crippen molar-refractivity contribution in [1.82, 2.24) is 5.32 Å². The van der Waals surface area contributed by atoms with E-state index in [2.05, 4.69) is 12.2 Å². The molecule has 1 aliphatic rings. The Kier molecular flexibility index (Phi) is 7.28. The van der Waals surface area contributed by atoms with Crippen molar-refractivity contribution in [3.8, 4) is 0 Å². The summed E-state index contributed by atoms with van der Waals surface area (Å²) in [6.07, 6.45) is 5.18. The van der Waals surface area contributed by atoms with Crippen LogP contribution in [0.3, 0.4) is 0 Å². The predicted molar refractivity (Wildman–Crippen MR) is 71.5 cm³/mol. The average Bonchev–Trinajstić information content (AvgIpc) is 2.36. The summed E-state index contributed by atoms with van der Waals surface area (Å²) < 4.78 is 11.0. The van der Waals surface area contributed by atoms with Gasteiger partial charge in [-0.05, 0) is 32.2 Å². The second kappa shape index (κ2) is 8.48. The van der Waals surface area contributed by atoms with Crippen LogP contribution in [0.1, 0.15) is 46.5 Å². The SMILES string of the molecule is CCNC(COC1CCCCC1C)C(=O)OCC. The topological polar surface area (TPSA) is 47.6 Å². The monoisotopic (exact) mass is 257 g/mol. The van der Waals surface area contributed by atoms with E-state index in [0.717, 1.165) is 13.0 Å². The third-order valence-corrected chi connectivity index (χ3v) is 3.53. The molecule has 0 amide bonds. The second-order valence-corrected chi connectivity index (χ2v) is 5.00. The molecule has 1 rings (SSSR count). The second-order valence-electron chi connectivity index (χ2n) is 5.00. The van der Waals surface area contributed by atoms with Gasteiger partial charge in [0, 0.05) is 0 Å². The summed E-state index contributed by atoms with van der Waals surface area (Å²) >= 11 is 0. The third kappa shape index (κ3) is 4.94. The van der Waals surface area contributed by atoms with Gasteiger partial charge in [-0.15, -0.1) is 0 Å². The Hall–Kier alpha value is -0.610. The lowest BCUT2D eigenvalue weighted by Crippen LogP contribution is -2.43. The van der Waals surface area contributed by atoms with Crippen molar-refractivity contribution in [2.45, 2.75) is 58.6 Å². The Morgan fingerprint density at radius 3 is 2.67 bits per heavy atom. The number of hydrogen-bond donors (Lipinski definition) is 1. The molecule has 3 unspecified atom stereocenters. The molecule has 0 radical (unpaired) electrons. The summed E-state index contributed by atoms with van der Waals surface area (Å²) in [6, 6.07) is -0.330. The van der Waals surface area contributed by atoms with E-state index >= 15 is 0 Å². The van der Waals surface area contributed by atoms with Crippen LogP contribution in [-0.4, -0.2) is 37.9 Å². The van der Waals surface area contributed by atoms with E-state index in [4.69, 9.17) is 9.47 Å². The van der Waals surface area contributed by atoms with Crippen LogP contribution in [0.2, 0.25) is 0 Å². The number of carbonyl (C=O) groups excluding carboxylic acids is 1. The molecule has 0 saturated heterocycles. The lowest BCUT2D eigenvalue weighted by atomic mass is 9.88. The van der Waals surface area contributed by atoms with Gasteiger partial charge >= 0.3 is 5.97 Å². The van der Waals surface area contributed by atoms with Crippen LogP contribution in [0.5, 0.6) is 0 Å². The maximum Gasteiger partial charge on any atom is 0.325 e. The Morgan fingerprint density at radius 1 is 1.33 bits per heavy atom. The first-order valence-electron chi connectivity index (χ1n) is 7.20. The lowest BCUT2D eigenvalue weighted by molar-refractivity contribution is -0.148. The number of esters is 1. The summed E-state index contributed by atoms with van der Waals surface area (Å²) in [7, 11) is 0. The summed E-state index contributed by atoms with van der Waals surface area (Å²) in [6.45, 7) is 7.62. The number of likely N-dealkylation sites (N-methyl/N-ethyl adjacent to an activating group) is 1. The van der Waals surface area contributed by atoms with Crippen LogP contribution in [0.15, 0.2) is 0 Å². The molecule has 1 N–H and O–H groups in total. The van der Waals surface area contributed by atoms with Gasteiger partial charge in [0.15, 0.2) is 0 Å². The number of nitrogens with one attached hydrogen (secondary N) is 1. The van der Waals surface area contributed by atoms with E-state index in [-0.39, 0.29) is 12.0 Å². The van der Waals surface area contributed by atoms with Gasteiger partial charge in [-0.25, -0.2) is 0 Å². The molecule has 18 heavy (non-hydrogen) atoms. The normalized spacial score (nSPS) is 25.7. The van der Waals surface area contributed by atoms with E-state index in [0.29, 0.717) is 25.2 Å². The predicted octanol–water partition coefficient (Wildman–Crippen LogP) is 2.12. The average molecular weight is 257 g/mol. The lowest BCUT2D eigenvalue weighted by Gasteiger charge is -2.30. The molecule has 1 aliphatic carbocycles. The molecule has 0 aromatic carbocycles. The minimum atomic E-state index is -0.330. The van der Waals surface area contributed by atoms with E-state index in [1.807, 2.05) is 13.8 Å². The highest BCUT2D eigenvalue weighted by Crippen LogP contribution is 2.26. The van der Waals surface area contributed by atoms with Crippen molar-refractivity contribution in [3.05, 3.63) is 0 Å². The van der Waals surface area contributed by atoms with Gasteiger partial charge in [0.1, 0.15) is 6.04 Å². The summed E-state index contributed by atoms with van der Waals surface area (Å²) in [5.41, 5.74) is 0. The highest BCUT2D eigenvalue weighted by molar-refractivity contribution is 5.75. The van der Waals surface area contributed by atoms with Crippen molar-refractivity contribution < 1.29 is 14.3 Å². The van der Waals surface area contributed by atoms with E-state index < -0.39 is 0 Å². The minimum absolute atomic E-state index is 0.206. The third-order valence-electron chi connectivity index (χ3n) is 3.53. The quantitative estimate of drug-likeness (QED) is 0.710. The molecule has 3 atom stereocenters. The molecule has 106 valence electrons. The summed E-state index contributed by atoms with van der Waals surface area (Å²) in [5, 5.41) is 3.12. The Bertz CT molecular complexity index is 245. The van der Waals surface area contributed by atoms with Crippen molar-refractivity contribution in [2.24, 2.45) is 5.92 Å². The highest BCUT2D eigenvalue weighted by atomic mass is 16.5. The van der Waals surface area contributed by atoms with Gasteiger partial charge in [-0.1, -0.05) is 26.7 Å². The van der Waals surface area contributed by atoms with Crippen LogP contribution < -0.4 is 5.32 Å². The zero-order chi connectivity index (χ0) is 13.4. The standard InChI is InChI=1S/C14H27NO3/c1-4-15-12(14(16)17-5-2)10-18-13-9-7-6-8-11(13)3/h11-13,15H,4-10H2,1-3H3. The molecule has 0 bridgehead atoms. The van der Waals surface area contributed by atoms with Gasteiger partial charge in [0.05, 0.1) is 19.3 Å². The van der Waals surface area contributed by atoms with Gasteiger partial charge in [-0.2, -0.15) is 0 Å². The van der Waals surface area contributed by atoms with Gasteiger partial charge in [-0.3, -0.25) is 4.79 Å². The van der Waals surface area contributed by atoms with E-state index in [1.165, 1.54) is 19.3 Å². The van der Waals surface area contributed by atoms with Crippen molar-refractivity contribution in [2.75, 3.05) is 19.8 Å². The molecule has 0 heterocycles. The molecule has 0 aromatic rings. The molecular weight excluding hydrogens is 230 g/mol. The van der Waals surface area contributed by atoms with Crippen molar-refractivity contribution in [1.29, 1.82) is 0 Å². The molecule has 0 aromatic heterocycles. The Morgan fingerprint density at radius 2 is 2.06 bits per heavy atom. The van der Waals surface area contributed by atoms with Gasteiger partial charge < -0.3 is 14.8 Å². The van der Waals surface area contributed by atoms with Gasteiger partial charge in [0.2, 0.25) is 0 Å². The first-order chi connectivity index (χ1) is 8.69. The molecular formula is C14H27NO3. The van der Waals surface area contributed by atoms with E-state index in [1.54, 1.807) is 0 Å². The maximum atomic E-state index is 11.7. The number of carbonyl (C=O) groups is 1. The fourth-order valence-corrected chi connectivity index (χ4v) is 2.45.